The van der Waals surface area contributed by atoms with Crippen LogP contribution >= 0.6 is 0 Å². The van der Waals surface area contributed by atoms with Gasteiger partial charge in [-0.2, -0.15) is 0 Å². The van der Waals surface area contributed by atoms with Gasteiger partial charge in [0.15, 0.2) is 0 Å². The number of urea groups is 1. The normalized spacial score (nSPS) is 17.1. The molecule has 23 heavy (non-hydrogen) atoms. The minimum atomic E-state index is -0.266. The predicted octanol–water partition coefficient (Wildman–Crippen LogP) is 2.37. The minimum absolute atomic E-state index is 0.104. The molecule has 0 saturated carbocycles. The molecule has 1 fully saturated rings. The average Bonchev–Trinajstić information content (AvgIpc) is 3.05. The Kier molecular flexibility index (Phi) is 6.40. The number of hydrogen-bond acceptors (Lipinski definition) is 3. The zero-order chi connectivity index (χ0) is 16.7. The molecule has 0 radical (unpaired) electrons. The van der Waals surface area contributed by atoms with Gasteiger partial charge in [-0.15, -0.1) is 0 Å². The summed E-state index contributed by atoms with van der Waals surface area (Å²) >= 11 is 0. The molecule has 126 valence electrons. The van der Waals surface area contributed by atoms with Crippen LogP contribution in [0.3, 0.4) is 0 Å². The fraction of sp³-hybridized carbons (Fsp3) is 0.529. The fourth-order valence-electron chi connectivity index (χ4n) is 2.29. The molecule has 1 aliphatic rings. The van der Waals surface area contributed by atoms with Crippen molar-refractivity contribution in [3.63, 3.8) is 0 Å². The summed E-state index contributed by atoms with van der Waals surface area (Å²) < 4.78 is 5.45. The van der Waals surface area contributed by atoms with Gasteiger partial charge in [0, 0.05) is 30.9 Å². The topological polar surface area (TPSA) is 79.5 Å². The molecule has 1 aromatic carbocycles. The van der Waals surface area contributed by atoms with Crippen LogP contribution < -0.4 is 16.0 Å². The molecule has 1 aromatic rings. The number of ether oxygens (including phenoxy) is 1. The van der Waals surface area contributed by atoms with Crippen molar-refractivity contribution in [1.29, 1.82) is 0 Å². The Morgan fingerprint density at radius 2 is 1.96 bits per heavy atom. The number of amides is 3. The fourth-order valence-corrected chi connectivity index (χ4v) is 2.29. The molecule has 6 heteroatoms. The highest BCUT2D eigenvalue weighted by Crippen LogP contribution is 2.11. The van der Waals surface area contributed by atoms with Gasteiger partial charge < -0.3 is 20.7 Å². The van der Waals surface area contributed by atoms with Crippen molar-refractivity contribution in [3.8, 4) is 0 Å². The molecular weight excluding hydrogens is 294 g/mol. The first kappa shape index (κ1) is 17.3. The van der Waals surface area contributed by atoms with Gasteiger partial charge in [0.2, 0.25) is 0 Å². The quantitative estimate of drug-likeness (QED) is 0.753. The molecule has 1 unspecified atom stereocenters. The third kappa shape index (κ3) is 5.90. The summed E-state index contributed by atoms with van der Waals surface area (Å²) in [6.45, 7) is 6.02. The molecule has 6 nitrogen and oxygen atoms in total. The van der Waals surface area contributed by atoms with E-state index >= 15 is 0 Å². The SMILES string of the molecule is CC(C)CNC(=O)c1ccc(NC(=O)NCC2CCCO2)cc1. The smallest absolute Gasteiger partial charge is 0.319 e. The molecular formula is C17H25N3O3. The zero-order valence-corrected chi connectivity index (χ0v) is 13.7. The Bertz CT molecular complexity index is 522. The Labute approximate surface area is 137 Å². The second-order valence-electron chi connectivity index (χ2n) is 6.15. The first-order chi connectivity index (χ1) is 11.0. The lowest BCUT2D eigenvalue weighted by Gasteiger charge is -2.12. The molecule has 1 saturated heterocycles. The number of carbonyl (C=O) groups is 2. The van der Waals surface area contributed by atoms with Crippen LogP contribution in [-0.4, -0.2) is 37.7 Å². The molecule has 2 rings (SSSR count). The van der Waals surface area contributed by atoms with Crippen molar-refractivity contribution in [2.24, 2.45) is 5.92 Å². The molecule has 0 bridgehead atoms. The lowest BCUT2D eigenvalue weighted by Crippen LogP contribution is -2.35. The summed E-state index contributed by atoms with van der Waals surface area (Å²) in [5, 5.41) is 8.39. The summed E-state index contributed by atoms with van der Waals surface area (Å²) in [5.41, 5.74) is 1.23. The van der Waals surface area contributed by atoms with Crippen molar-refractivity contribution >= 4 is 17.6 Å². The molecule has 0 aromatic heterocycles. The second-order valence-corrected chi connectivity index (χ2v) is 6.15. The van der Waals surface area contributed by atoms with Crippen molar-refractivity contribution in [1.82, 2.24) is 10.6 Å². The maximum atomic E-state index is 11.9. The maximum absolute atomic E-state index is 11.9. The summed E-state index contributed by atoms with van der Waals surface area (Å²) in [7, 11) is 0. The average molecular weight is 319 g/mol. The van der Waals surface area contributed by atoms with Gasteiger partial charge in [0.25, 0.3) is 5.91 Å². The van der Waals surface area contributed by atoms with E-state index in [4.69, 9.17) is 4.74 Å². The van der Waals surface area contributed by atoms with Crippen LogP contribution in [0.4, 0.5) is 10.5 Å². The van der Waals surface area contributed by atoms with Crippen LogP contribution in [0.2, 0.25) is 0 Å². The number of hydrogen-bond donors (Lipinski definition) is 3. The van der Waals surface area contributed by atoms with Crippen LogP contribution in [0, 0.1) is 5.92 Å². The van der Waals surface area contributed by atoms with Gasteiger partial charge in [-0.25, -0.2) is 4.79 Å². The Balaban J connectivity index is 1.77. The van der Waals surface area contributed by atoms with Crippen molar-refractivity contribution in [2.45, 2.75) is 32.8 Å². The number of anilines is 1. The van der Waals surface area contributed by atoms with Gasteiger partial charge in [-0.3, -0.25) is 4.79 Å². The molecule has 0 spiro atoms. The molecule has 3 amide bonds. The molecule has 0 aliphatic carbocycles. The van der Waals surface area contributed by atoms with Crippen LogP contribution in [0.5, 0.6) is 0 Å². The highest BCUT2D eigenvalue weighted by molar-refractivity contribution is 5.95. The third-order valence-corrected chi connectivity index (χ3v) is 3.59. The summed E-state index contributed by atoms with van der Waals surface area (Å²) in [6, 6.07) is 6.57. The van der Waals surface area contributed by atoms with Crippen molar-refractivity contribution in [3.05, 3.63) is 29.8 Å². The van der Waals surface area contributed by atoms with Gasteiger partial charge in [-0.1, -0.05) is 13.8 Å². The summed E-state index contributed by atoms with van der Waals surface area (Å²) in [6.07, 6.45) is 2.15. The van der Waals surface area contributed by atoms with E-state index in [-0.39, 0.29) is 18.0 Å². The lowest BCUT2D eigenvalue weighted by molar-refractivity contribution is 0.0949. The first-order valence-corrected chi connectivity index (χ1v) is 8.09. The molecule has 3 N–H and O–H groups in total. The highest BCUT2D eigenvalue weighted by Gasteiger charge is 2.16. The Morgan fingerprint density at radius 1 is 1.22 bits per heavy atom. The van der Waals surface area contributed by atoms with Crippen LogP contribution in [-0.2, 0) is 4.74 Å². The highest BCUT2D eigenvalue weighted by atomic mass is 16.5. The van der Waals surface area contributed by atoms with E-state index in [1.165, 1.54) is 0 Å². The standard InChI is InChI=1S/C17H25N3O3/c1-12(2)10-18-16(21)13-5-7-14(8-6-13)20-17(22)19-11-15-4-3-9-23-15/h5-8,12,15H,3-4,9-11H2,1-2H3,(H,18,21)(H2,19,20,22). The van der Waals surface area contributed by atoms with E-state index in [2.05, 4.69) is 16.0 Å². The Morgan fingerprint density at radius 3 is 2.57 bits per heavy atom. The number of carbonyl (C=O) groups excluding carboxylic acids is 2. The number of rotatable bonds is 6. The van der Waals surface area contributed by atoms with E-state index in [1.807, 2.05) is 13.8 Å². The number of benzene rings is 1. The van der Waals surface area contributed by atoms with Gasteiger partial charge in [-0.05, 0) is 43.0 Å². The maximum Gasteiger partial charge on any atom is 0.319 e. The van der Waals surface area contributed by atoms with Gasteiger partial charge in [0.05, 0.1) is 6.10 Å². The molecule has 1 atom stereocenters. The van der Waals surface area contributed by atoms with Crippen LogP contribution in [0.25, 0.3) is 0 Å². The zero-order valence-electron chi connectivity index (χ0n) is 13.7. The van der Waals surface area contributed by atoms with E-state index < -0.39 is 0 Å². The van der Waals surface area contributed by atoms with Crippen LogP contribution in [0.15, 0.2) is 24.3 Å². The lowest BCUT2D eigenvalue weighted by atomic mass is 10.1. The van der Waals surface area contributed by atoms with E-state index in [0.717, 1.165) is 19.4 Å². The summed E-state index contributed by atoms with van der Waals surface area (Å²) in [4.78, 5) is 23.7. The largest absolute Gasteiger partial charge is 0.376 e. The summed E-state index contributed by atoms with van der Waals surface area (Å²) in [5.74, 6) is 0.306. The van der Waals surface area contributed by atoms with Gasteiger partial charge >= 0.3 is 6.03 Å². The number of nitrogens with one attached hydrogen (secondary N) is 3. The van der Waals surface area contributed by atoms with E-state index in [0.29, 0.717) is 30.3 Å². The molecule has 1 heterocycles. The second kappa shape index (κ2) is 8.53. The van der Waals surface area contributed by atoms with Crippen molar-refractivity contribution in [2.75, 3.05) is 25.0 Å². The van der Waals surface area contributed by atoms with Gasteiger partial charge in [0.1, 0.15) is 0 Å². The third-order valence-electron chi connectivity index (χ3n) is 3.59. The monoisotopic (exact) mass is 319 g/mol. The minimum Gasteiger partial charge on any atom is -0.376 e. The van der Waals surface area contributed by atoms with Crippen molar-refractivity contribution < 1.29 is 14.3 Å². The molecule has 1 aliphatic heterocycles. The van der Waals surface area contributed by atoms with Crippen LogP contribution in [0.1, 0.15) is 37.0 Å². The van der Waals surface area contributed by atoms with E-state index in [1.54, 1.807) is 24.3 Å². The van der Waals surface area contributed by atoms with E-state index in [9.17, 15) is 9.59 Å². The predicted molar refractivity (Wildman–Crippen MR) is 89.6 cm³/mol. The Hall–Kier alpha value is -2.08. The first-order valence-electron chi connectivity index (χ1n) is 8.09.